The third-order valence-electron chi connectivity index (χ3n) is 3.80. The van der Waals surface area contributed by atoms with E-state index in [4.69, 9.17) is 22.1 Å². The Bertz CT molecular complexity index is 1020. The van der Waals surface area contributed by atoms with Crippen LogP contribution < -0.4 is 11.3 Å². The fourth-order valence-electron chi connectivity index (χ4n) is 2.50. The normalized spacial score (nSPS) is 10.6. The molecule has 0 saturated heterocycles. The molecule has 2 N–H and O–H groups in total. The standard InChI is InChI=1S/C19H15ClFN3O3/c20-17-16(13-6-8-14(21)9-7-13)24(19(26)18(22)23-17)10-15(25)27-11-12-4-2-1-3-5-12/h1-9H,10-11H2,(H2,22,23). The van der Waals surface area contributed by atoms with Gasteiger partial charge in [0.2, 0.25) is 0 Å². The van der Waals surface area contributed by atoms with Gasteiger partial charge in [0.25, 0.3) is 5.56 Å². The molecule has 6 nitrogen and oxygen atoms in total. The van der Waals surface area contributed by atoms with Crippen molar-refractivity contribution in [2.24, 2.45) is 0 Å². The van der Waals surface area contributed by atoms with E-state index in [1.807, 2.05) is 30.3 Å². The minimum absolute atomic E-state index is 0.0641. The Kier molecular flexibility index (Phi) is 5.52. The Morgan fingerprint density at radius 1 is 1.15 bits per heavy atom. The summed E-state index contributed by atoms with van der Waals surface area (Å²) in [5.41, 5.74) is 6.30. The van der Waals surface area contributed by atoms with Crippen molar-refractivity contribution in [2.45, 2.75) is 13.2 Å². The molecule has 1 heterocycles. The van der Waals surface area contributed by atoms with E-state index in [1.54, 1.807) is 0 Å². The molecular weight excluding hydrogens is 373 g/mol. The van der Waals surface area contributed by atoms with E-state index in [1.165, 1.54) is 24.3 Å². The summed E-state index contributed by atoms with van der Waals surface area (Å²) in [7, 11) is 0. The van der Waals surface area contributed by atoms with Crippen LogP contribution in [0.4, 0.5) is 10.2 Å². The van der Waals surface area contributed by atoms with E-state index in [0.29, 0.717) is 5.56 Å². The van der Waals surface area contributed by atoms with Crippen LogP contribution in [0.5, 0.6) is 0 Å². The number of hydrogen-bond donors (Lipinski definition) is 1. The Morgan fingerprint density at radius 2 is 1.81 bits per heavy atom. The first-order valence-corrected chi connectivity index (χ1v) is 8.35. The summed E-state index contributed by atoms with van der Waals surface area (Å²) < 4.78 is 19.5. The Labute approximate surface area is 159 Å². The molecule has 0 saturated carbocycles. The van der Waals surface area contributed by atoms with Gasteiger partial charge in [-0.3, -0.25) is 14.2 Å². The van der Waals surface area contributed by atoms with E-state index in [9.17, 15) is 14.0 Å². The minimum atomic E-state index is -0.685. The van der Waals surface area contributed by atoms with E-state index in [2.05, 4.69) is 4.98 Å². The number of anilines is 1. The smallest absolute Gasteiger partial charge is 0.326 e. The van der Waals surface area contributed by atoms with E-state index < -0.39 is 23.9 Å². The van der Waals surface area contributed by atoms with Crippen LogP contribution >= 0.6 is 11.6 Å². The highest BCUT2D eigenvalue weighted by Crippen LogP contribution is 2.26. The third kappa shape index (κ3) is 4.32. The van der Waals surface area contributed by atoms with Crippen LogP contribution in [0, 0.1) is 5.82 Å². The summed E-state index contributed by atoms with van der Waals surface area (Å²) in [6.45, 7) is -0.348. The molecule has 0 amide bonds. The van der Waals surface area contributed by atoms with Crippen molar-refractivity contribution in [1.82, 2.24) is 9.55 Å². The maximum absolute atomic E-state index is 13.2. The lowest BCUT2D eigenvalue weighted by Crippen LogP contribution is -2.30. The molecule has 0 atom stereocenters. The van der Waals surface area contributed by atoms with Crippen LogP contribution in [-0.4, -0.2) is 15.5 Å². The highest BCUT2D eigenvalue weighted by atomic mass is 35.5. The number of carbonyl (C=O) groups is 1. The second-order valence-electron chi connectivity index (χ2n) is 5.68. The lowest BCUT2D eigenvalue weighted by atomic mass is 10.1. The number of rotatable bonds is 5. The van der Waals surface area contributed by atoms with Crippen LogP contribution in [0.2, 0.25) is 5.15 Å². The molecular formula is C19H15ClFN3O3. The topological polar surface area (TPSA) is 87.2 Å². The molecule has 0 radical (unpaired) electrons. The van der Waals surface area contributed by atoms with Crippen molar-refractivity contribution in [2.75, 3.05) is 5.73 Å². The molecule has 8 heteroatoms. The highest BCUT2D eigenvalue weighted by Gasteiger charge is 2.18. The summed E-state index contributed by atoms with van der Waals surface area (Å²) >= 11 is 6.14. The first kappa shape index (κ1) is 18.6. The lowest BCUT2D eigenvalue weighted by Gasteiger charge is -2.14. The largest absolute Gasteiger partial charge is 0.459 e. The maximum atomic E-state index is 13.2. The van der Waals surface area contributed by atoms with Gasteiger partial charge < -0.3 is 10.5 Å². The number of nitrogens with two attached hydrogens (primary N) is 1. The van der Waals surface area contributed by atoms with Crippen molar-refractivity contribution in [1.29, 1.82) is 0 Å². The van der Waals surface area contributed by atoms with Gasteiger partial charge in [-0.05, 0) is 29.8 Å². The summed E-state index contributed by atoms with van der Waals surface area (Å²) in [6, 6.07) is 14.4. The van der Waals surface area contributed by atoms with Crippen LogP contribution in [-0.2, 0) is 22.7 Å². The van der Waals surface area contributed by atoms with Crippen molar-refractivity contribution in [3.8, 4) is 11.3 Å². The van der Waals surface area contributed by atoms with Crippen molar-refractivity contribution in [3.63, 3.8) is 0 Å². The molecule has 138 valence electrons. The monoisotopic (exact) mass is 387 g/mol. The SMILES string of the molecule is Nc1nc(Cl)c(-c2ccc(F)cc2)n(CC(=O)OCc2ccccc2)c1=O. The molecule has 0 unspecified atom stereocenters. The second-order valence-corrected chi connectivity index (χ2v) is 6.04. The van der Waals surface area contributed by atoms with Crippen LogP contribution in [0.25, 0.3) is 11.3 Å². The van der Waals surface area contributed by atoms with Gasteiger partial charge >= 0.3 is 5.97 Å². The quantitative estimate of drug-likeness (QED) is 0.680. The molecule has 0 aliphatic rings. The lowest BCUT2D eigenvalue weighted by molar-refractivity contribution is -0.145. The van der Waals surface area contributed by atoms with Gasteiger partial charge in [-0.15, -0.1) is 0 Å². The van der Waals surface area contributed by atoms with Crippen molar-refractivity contribution in [3.05, 3.63) is 81.5 Å². The molecule has 0 bridgehead atoms. The second kappa shape index (κ2) is 8.01. The molecule has 3 rings (SSSR count). The Balaban J connectivity index is 1.90. The number of esters is 1. The first-order chi connectivity index (χ1) is 13.0. The number of ether oxygens (including phenoxy) is 1. The molecule has 1 aromatic heterocycles. The molecule has 0 aliphatic carbocycles. The van der Waals surface area contributed by atoms with Gasteiger partial charge in [-0.2, -0.15) is 0 Å². The van der Waals surface area contributed by atoms with Crippen molar-refractivity contribution < 1.29 is 13.9 Å². The number of nitrogen functional groups attached to an aromatic ring is 1. The number of nitrogens with zero attached hydrogens (tertiary/aromatic N) is 2. The van der Waals surface area contributed by atoms with E-state index >= 15 is 0 Å². The fraction of sp³-hybridized carbons (Fsp3) is 0.105. The molecule has 3 aromatic rings. The predicted molar refractivity (Wildman–Crippen MR) is 99.6 cm³/mol. The highest BCUT2D eigenvalue weighted by molar-refractivity contribution is 6.32. The molecule has 27 heavy (non-hydrogen) atoms. The number of carbonyl (C=O) groups excluding carboxylic acids is 1. The summed E-state index contributed by atoms with van der Waals surface area (Å²) in [4.78, 5) is 28.5. The summed E-state index contributed by atoms with van der Waals surface area (Å²) in [5, 5.41) is -0.0745. The fourth-order valence-corrected chi connectivity index (χ4v) is 2.81. The minimum Gasteiger partial charge on any atom is -0.459 e. The van der Waals surface area contributed by atoms with Crippen LogP contribution in [0.15, 0.2) is 59.4 Å². The maximum Gasteiger partial charge on any atom is 0.326 e. The first-order valence-electron chi connectivity index (χ1n) is 7.97. The Hall–Kier alpha value is -3.19. The summed E-state index contributed by atoms with van der Waals surface area (Å²) in [5.74, 6) is -1.44. The Morgan fingerprint density at radius 3 is 2.48 bits per heavy atom. The summed E-state index contributed by atoms with van der Waals surface area (Å²) in [6.07, 6.45) is 0. The predicted octanol–water partition coefficient (Wildman–Crippen LogP) is 3.03. The zero-order chi connectivity index (χ0) is 19.4. The third-order valence-corrected chi connectivity index (χ3v) is 4.06. The molecule has 2 aromatic carbocycles. The molecule has 0 aliphatic heterocycles. The van der Waals surface area contributed by atoms with Gasteiger partial charge in [0.1, 0.15) is 19.0 Å². The van der Waals surface area contributed by atoms with Crippen LogP contribution in [0.1, 0.15) is 5.56 Å². The van der Waals surface area contributed by atoms with Gasteiger partial charge in [0, 0.05) is 5.56 Å². The van der Waals surface area contributed by atoms with Crippen LogP contribution in [0.3, 0.4) is 0 Å². The van der Waals surface area contributed by atoms with E-state index in [-0.39, 0.29) is 23.3 Å². The molecule has 0 fully saturated rings. The van der Waals surface area contributed by atoms with Gasteiger partial charge in [-0.25, -0.2) is 9.37 Å². The zero-order valence-corrected chi connectivity index (χ0v) is 14.8. The number of aromatic nitrogens is 2. The average molecular weight is 388 g/mol. The molecule has 0 spiro atoms. The zero-order valence-electron chi connectivity index (χ0n) is 14.1. The van der Waals surface area contributed by atoms with Gasteiger partial charge in [0.05, 0.1) is 5.69 Å². The van der Waals surface area contributed by atoms with E-state index in [0.717, 1.165) is 10.1 Å². The average Bonchev–Trinajstić information content (AvgIpc) is 2.66. The van der Waals surface area contributed by atoms with Gasteiger partial charge in [0.15, 0.2) is 11.0 Å². The number of halogens is 2. The van der Waals surface area contributed by atoms with Gasteiger partial charge in [-0.1, -0.05) is 41.9 Å². The number of benzene rings is 2. The number of hydrogen-bond acceptors (Lipinski definition) is 5. The van der Waals surface area contributed by atoms with Crippen molar-refractivity contribution >= 4 is 23.4 Å².